The molecule has 106 heavy (non-hydrogen) atoms. The molecule has 0 aliphatic rings. The maximum absolute atomic E-state index is 12.9. The molecule has 0 aromatic rings. The highest BCUT2D eigenvalue weighted by molar-refractivity contribution is 7.47. The fourth-order valence-corrected chi connectivity index (χ4v) is 12.9. The van der Waals surface area contributed by atoms with Crippen molar-refractivity contribution in [3.63, 3.8) is 0 Å². The van der Waals surface area contributed by atoms with Crippen LogP contribution >= 0.6 is 7.82 Å². The zero-order valence-electron chi connectivity index (χ0n) is 69.4. The van der Waals surface area contributed by atoms with Gasteiger partial charge >= 0.3 is 19.8 Å². The quantitative estimate of drug-likeness (QED) is 0.0211. The van der Waals surface area contributed by atoms with E-state index in [1.807, 2.05) is 21.1 Å². The first-order chi connectivity index (χ1) is 52.0. The maximum atomic E-state index is 12.9. The second-order valence-corrected chi connectivity index (χ2v) is 31.6. The van der Waals surface area contributed by atoms with E-state index >= 15 is 0 Å². The van der Waals surface area contributed by atoms with Gasteiger partial charge in [0.2, 0.25) is 0 Å². The molecule has 0 saturated heterocycles. The molecule has 606 valence electrons. The number of hydrogen-bond acceptors (Lipinski definition) is 7. The highest BCUT2D eigenvalue weighted by Crippen LogP contribution is 2.43. The van der Waals surface area contributed by atoms with Crippen LogP contribution in [0.3, 0.4) is 0 Å². The normalized spacial score (nSPS) is 13.8. The molecule has 0 bridgehead atoms. The average molecular weight is 1490 g/mol. The number of phosphoric acid groups is 1. The van der Waals surface area contributed by atoms with Crippen molar-refractivity contribution in [2.24, 2.45) is 0 Å². The third-order valence-corrected chi connectivity index (χ3v) is 19.7. The van der Waals surface area contributed by atoms with Gasteiger partial charge in [-0.3, -0.25) is 18.6 Å². The van der Waals surface area contributed by atoms with Crippen LogP contribution in [0, 0.1) is 0 Å². The smallest absolute Gasteiger partial charge is 0.462 e. The third-order valence-electron chi connectivity index (χ3n) is 18.7. The molecule has 0 aromatic carbocycles. The number of hydrogen-bond donors (Lipinski definition) is 1. The molecule has 0 aliphatic carbocycles. The molecule has 9 nitrogen and oxygen atoms in total. The van der Waals surface area contributed by atoms with E-state index in [0.29, 0.717) is 17.4 Å². The number of nitrogens with zero attached hydrogens (tertiary/aromatic N) is 1. The molecule has 1 N–H and O–H groups in total. The van der Waals surface area contributed by atoms with Gasteiger partial charge in [-0.1, -0.05) is 402 Å². The second-order valence-electron chi connectivity index (χ2n) is 30.2. The van der Waals surface area contributed by atoms with Gasteiger partial charge in [-0.2, -0.15) is 0 Å². The largest absolute Gasteiger partial charge is 0.472 e. The summed E-state index contributed by atoms with van der Waals surface area (Å²) in [5.74, 6) is -0.795. The molecule has 0 heterocycles. The first-order valence-electron chi connectivity index (χ1n) is 43.9. The summed E-state index contributed by atoms with van der Waals surface area (Å²) in [5.41, 5.74) is 0. The summed E-state index contributed by atoms with van der Waals surface area (Å²) in [6.07, 6.45) is 128. The van der Waals surface area contributed by atoms with Crippen molar-refractivity contribution in [1.29, 1.82) is 0 Å². The zero-order valence-corrected chi connectivity index (χ0v) is 70.3. The number of carbonyl (C=O) groups excluding carboxylic acids is 2. The van der Waals surface area contributed by atoms with Crippen molar-refractivity contribution in [2.45, 2.75) is 380 Å². The fourth-order valence-electron chi connectivity index (χ4n) is 12.2. The second kappa shape index (κ2) is 84.4. The molecule has 0 aromatic heterocycles. The lowest BCUT2D eigenvalue weighted by molar-refractivity contribution is -0.870. The van der Waals surface area contributed by atoms with Gasteiger partial charge in [0.25, 0.3) is 0 Å². The number of likely N-dealkylation sites (N-methyl/N-ethyl adjacent to an activating group) is 1. The Kier molecular flexibility index (Phi) is 80.7. The zero-order chi connectivity index (χ0) is 76.8. The van der Waals surface area contributed by atoms with E-state index in [4.69, 9.17) is 18.5 Å². The SMILES string of the molecule is CC/C=C\C/C=C\C/C=C\C/C=C\C/C=C\C/C=C\C/C=C\C/C=C\C/C=C\C/C=C\CCCCCCCCCCCCC(=O)OC(COC(=O)CCCCCCCCCCCCCCCCCCCCCCCCCCCCCC/C=C\C/C=C\C/C=C\C/C=C\CC)COP(=O)(O)OCC[N+](C)(C)C. The van der Waals surface area contributed by atoms with Gasteiger partial charge in [0.1, 0.15) is 19.8 Å². The van der Waals surface area contributed by atoms with E-state index in [2.05, 4.69) is 184 Å². The lowest BCUT2D eigenvalue weighted by Crippen LogP contribution is -2.37. The Balaban J connectivity index is 3.95. The van der Waals surface area contributed by atoms with Crippen LogP contribution in [0.25, 0.3) is 0 Å². The molecule has 0 rings (SSSR count). The molecule has 0 amide bonds. The van der Waals surface area contributed by atoms with Crippen molar-refractivity contribution in [1.82, 2.24) is 0 Å². The number of rotatable bonds is 80. The van der Waals surface area contributed by atoms with Crippen LogP contribution in [-0.2, 0) is 32.7 Å². The van der Waals surface area contributed by atoms with Crippen molar-refractivity contribution in [3.05, 3.63) is 170 Å². The van der Waals surface area contributed by atoms with Crippen LogP contribution in [0.2, 0.25) is 0 Å². The van der Waals surface area contributed by atoms with Gasteiger partial charge in [-0.25, -0.2) is 4.57 Å². The predicted octanol–water partition coefficient (Wildman–Crippen LogP) is 30.0. The standard InChI is InChI=1S/C96H164NO8P/c1-6-8-10-12-14-16-18-20-22-24-26-28-30-32-34-36-38-40-42-44-46-48-50-52-54-56-58-60-62-64-66-68-70-72-74-76-78-80-82-84-86-88-95(98)102-92-94(93-104-106(100,101)103-91-90-97(3,4)5)105-96(99)89-87-85-83-81-79-77-75-73-71-69-67-65-63-61-59-57-55-53-51-49-47-45-43-41-39-37-35-33-31-29-27-25-23-21-19-17-15-13-11-9-7-2/h8-11,14-17,20-23,26-29,33,35,39,41,45,47,51,53,57,59,63,65,94H,6-7,12-13,18-19,24-25,30-32,34,36-38,40,42-44,46,48-50,52,54-56,58,60-62,64,66-93H2,1-5H3/p+1/b10-8-,11-9-,16-14-,17-15-,22-20-,23-21-,28-26-,29-27-,35-33-,41-39-,47-45-,53-51-,59-57-,65-63-. The maximum Gasteiger partial charge on any atom is 0.472 e. The van der Waals surface area contributed by atoms with Crippen LogP contribution in [0.4, 0.5) is 0 Å². The van der Waals surface area contributed by atoms with Crippen molar-refractivity contribution >= 4 is 19.8 Å². The lowest BCUT2D eigenvalue weighted by Gasteiger charge is -2.24. The van der Waals surface area contributed by atoms with E-state index in [1.54, 1.807) is 0 Å². The highest BCUT2D eigenvalue weighted by Gasteiger charge is 2.27. The van der Waals surface area contributed by atoms with E-state index in [1.165, 1.54) is 205 Å². The van der Waals surface area contributed by atoms with E-state index < -0.39 is 26.5 Å². The minimum absolute atomic E-state index is 0.0260. The van der Waals surface area contributed by atoms with Crippen LogP contribution < -0.4 is 0 Å². The predicted molar refractivity (Wildman–Crippen MR) is 463 cm³/mol. The average Bonchev–Trinajstić information content (AvgIpc) is 0.908. The number of esters is 2. The van der Waals surface area contributed by atoms with Gasteiger partial charge < -0.3 is 18.9 Å². The molecule has 2 unspecified atom stereocenters. The summed E-state index contributed by atoms with van der Waals surface area (Å²) in [7, 11) is 1.47. The Labute approximate surface area is 655 Å². The van der Waals surface area contributed by atoms with Crippen molar-refractivity contribution in [2.75, 3.05) is 47.5 Å². The first kappa shape index (κ1) is 101. The summed E-state index contributed by atoms with van der Waals surface area (Å²) < 4.78 is 34.9. The van der Waals surface area contributed by atoms with E-state index in [9.17, 15) is 19.0 Å². The summed E-state index contributed by atoms with van der Waals surface area (Å²) in [4.78, 5) is 36.1. The van der Waals surface area contributed by atoms with Crippen molar-refractivity contribution in [3.8, 4) is 0 Å². The first-order valence-corrected chi connectivity index (χ1v) is 45.4. The van der Waals surface area contributed by atoms with Gasteiger partial charge in [0.05, 0.1) is 27.7 Å². The van der Waals surface area contributed by atoms with Crippen molar-refractivity contribution < 1.29 is 42.1 Å². The summed E-state index contributed by atoms with van der Waals surface area (Å²) in [6, 6.07) is 0. The fraction of sp³-hybridized carbons (Fsp3) is 0.688. The molecular formula is C96H165NO8P+. The molecule has 2 atom stereocenters. The van der Waals surface area contributed by atoms with Crippen LogP contribution in [-0.4, -0.2) is 74.9 Å². The minimum Gasteiger partial charge on any atom is -0.462 e. The van der Waals surface area contributed by atoms with E-state index in [0.717, 1.165) is 135 Å². The van der Waals surface area contributed by atoms with Gasteiger partial charge in [-0.05, 0) is 128 Å². The number of unbranched alkanes of at least 4 members (excludes halogenated alkanes) is 38. The Hall–Kier alpha value is -4.63. The molecule has 0 aliphatic heterocycles. The highest BCUT2D eigenvalue weighted by atomic mass is 31.2. The van der Waals surface area contributed by atoms with Gasteiger partial charge in [0, 0.05) is 12.8 Å². The van der Waals surface area contributed by atoms with Gasteiger partial charge in [0.15, 0.2) is 6.10 Å². The minimum atomic E-state index is -4.41. The Morgan fingerprint density at radius 1 is 0.292 bits per heavy atom. The molecule has 0 fully saturated rings. The van der Waals surface area contributed by atoms with Crippen LogP contribution in [0.1, 0.15) is 373 Å². The monoisotopic (exact) mass is 1490 g/mol. The number of carbonyl (C=O) groups is 2. The Bertz CT molecular complexity index is 2410. The lowest BCUT2D eigenvalue weighted by atomic mass is 10.0. The summed E-state index contributed by atoms with van der Waals surface area (Å²) in [6.45, 7) is 4.23. The number of phosphoric ester groups is 1. The van der Waals surface area contributed by atoms with Crippen LogP contribution in [0.15, 0.2) is 170 Å². The number of allylic oxidation sites excluding steroid dienone is 28. The molecule has 10 heteroatoms. The molecule has 0 saturated carbocycles. The summed E-state index contributed by atoms with van der Waals surface area (Å²) >= 11 is 0. The Morgan fingerprint density at radius 2 is 0.509 bits per heavy atom. The van der Waals surface area contributed by atoms with Gasteiger partial charge in [-0.15, -0.1) is 0 Å². The molecular weight excluding hydrogens is 1330 g/mol. The number of quaternary nitrogens is 1. The topological polar surface area (TPSA) is 108 Å². The summed E-state index contributed by atoms with van der Waals surface area (Å²) in [5, 5.41) is 0. The molecule has 0 radical (unpaired) electrons. The van der Waals surface area contributed by atoms with E-state index in [-0.39, 0.29) is 32.0 Å². The Morgan fingerprint density at radius 3 is 0.755 bits per heavy atom. The molecule has 0 spiro atoms. The third kappa shape index (κ3) is 88.3. The van der Waals surface area contributed by atoms with Crippen LogP contribution in [0.5, 0.6) is 0 Å². The number of ether oxygens (including phenoxy) is 2.